The fourth-order valence-corrected chi connectivity index (χ4v) is 2.87. The molecular formula is C16H17ClN2O. The van der Waals surface area contributed by atoms with Gasteiger partial charge in [-0.2, -0.15) is 0 Å². The van der Waals surface area contributed by atoms with E-state index < -0.39 is 0 Å². The van der Waals surface area contributed by atoms with E-state index in [1.165, 1.54) is 5.56 Å². The molecule has 3 rings (SSSR count). The standard InChI is InChI=1S/C16H17ClN2O/c1-2-18-14(15-13(17)7-4-9-19-15)12-6-3-5-11-8-10-20-16(11)12/h3-7,9,14,18H,2,8,10H2,1H3. The molecule has 0 bridgehead atoms. The minimum Gasteiger partial charge on any atom is -0.493 e. The predicted octanol–water partition coefficient (Wildman–Crippen LogP) is 3.37. The molecule has 0 saturated carbocycles. The average molecular weight is 289 g/mol. The van der Waals surface area contributed by atoms with Crippen molar-refractivity contribution in [2.45, 2.75) is 19.4 Å². The lowest BCUT2D eigenvalue weighted by atomic mass is 9.99. The monoisotopic (exact) mass is 288 g/mol. The Morgan fingerprint density at radius 1 is 1.35 bits per heavy atom. The van der Waals surface area contributed by atoms with E-state index in [9.17, 15) is 0 Å². The summed E-state index contributed by atoms with van der Waals surface area (Å²) in [5.41, 5.74) is 3.22. The van der Waals surface area contributed by atoms with Crippen LogP contribution in [0.3, 0.4) is 0 Å². The van der Waals surface area contributed by atoms with E-state index in [0.29, 0.717) is 5.02 Å². The highest BCUT2D eigenvalue weighted by molar-refractivity contribution is 6.31. The summed E-state index contributed by atoms with van der Waals surface area (Å²) >= 11 is 6.31. The zero-order valence-electron chi connectivity index (χ0n) is 11.4. The maximum absolute atomic E-state index is 6.31. The van der Waals surface area contributed by atoms with E-state index in [-0.39, 0.29) is 6.04 Å². The summed E-state index contributed by atoms with van der Waals surface area (Å²) in [4.78, 5) is 4.45. The summed E-state index contributed by atoms with van der Waals surface area (Å²) in [5.74, 6) is 0.986. The Hall–Kier alpha value is -1.58. The van der Waals surface area contributed by atoms with Gasteiger partial charge in [-0.3, -0.25) is 4.98 Å². The Morgan fingerprint density at radius 3 is 3.05 bits per heavy atom. The number of benzene rings is 1. The number of rotatable bonds is 4. The van der Waals surface area contributed by atoms with Crippen LogP contribution >= 0.6 is 11.6 Å². The molecule has 2 aromatic rings. The third kappa shape index (κ3) is 2.39. The lowest BCUT2D eigenvalue weighted by Gasteiger charge is -2.21. The topological polar surface area (TPSA) is 34.1 Å². The number of nitrogens with one attached hydrogen (secondary N) is 1. The molecule has 0 spiro atoms. The largest absolute Gasteiger partial charge is 0.493 e. The van der Waals surface area contributed by atoms with Crippen molar-refractivity contribution in [3.8, 4) is 5.75 Å². The first kappa shape index (κ1) is 13.4. The molecule has 0 fully saturated rings. The fourth-order valence-electron chi connectivity index (χ4n) is 2.64. The second-order valence-corrected chi connectivity index (χ2v) is 5.20. The molecule has 1 aliphatic heterocycles. The van der Waals surface area contributed by atoms with Crippen molar-refractivity contribution in [1.29, 1.82) is 0 Å². The number of ether oxygens (including phenoxy) is 1. The molecule has 2 heterocycles. The van der Waals surface area contributed by atoms with Crippen LogP contribution in [0.1, 0.15) is 29.8 Å². The third-order valence-corrected chi connectivity index (χ3v) is 3.84. The fraction of sp³-hybridized carbons (Fsp3) is 0.312. The van der Waals surface area contributed by atoms with Gasteiger partial charge in [-0.15, -0.1) is 0 Å². The predicted molar refractivity (Wildman–Crippen MR) is 80.4 cm³/mol. The van der Waals surface area contributed by atoms with Crippen molar-refractivity contribution in [3.63, 3.8) is 0 Å². The van der Waals surface area contributed by atoms with Gasteiger partial charge in [-0.1, -0.05) is 36.7 Å². The summed E-state index contributed by atoms with van der Waals surface area (Å²) < 4.78 is 5.81. The van der Waals surface area contributed by atoms with Gasteiger partial charge in [0.2, 0.25) is 0 Å². The van der Waals surface area contributed by atoms with Gasteiger partial charge in [0.15, 0.2) is 0 Å². The first-order valence-corrected chi connectivity index (χ1v) is 7.27. The molecule has 104 valence electrons. The minimum absolute atomic E-state index is 0.0400. The van der Waals surface area contributed by atoms with E-state index >= 15 is 0 Å². The number of fused-ring (bicyclic) bond motifs is 1. The number of halogens is 1. The van der Waals surface area contributed by atoms with E-state index in [4.69, 9.17) is 16.3 Å². The summed E-state index contributed by atoms with van der Waals surface area (Å²) in [6.07, 6.45) is 2.74. The molecule has 4 heteroatoms. The zero-order valence-corrected chi connectivity index (χ0v) is 12.2. The molecule has 3 nitrogen and oxygen atoms in total. The second kappa shape index (κ2) is 5.81. The number of para-hydroxylation sites is 1. The number of pyridine rings is 1. The van der Waals surface area contributed by atoms with E-state index in [1.807, 2.05) is 12.1 Å². The van der Waals surface area contributed by atoms with Crippen molar-refractivity contribution in [3.05, 3.63) is 58.4 Å². The smallest absolute Gasteiger partial charge is 0.127 e. The first-order chi connectivity index (χ1) is 9.81. The van der Waals surface area contributed by atoms with Gasteiger partial charge in [0.25, 0.3) is 0 Å². The number of nitrogens with zero attached hydrogens (tertiary/aromatic N) is 1. The Bertz CT molecular complexity index is 615. The van der Waals surface area contributed by atoms with Gasteiger partial charge in [0, 0.05) is 18.2 Å². The summed E-state index contributed by atoms with van der Waals surface area (Å²) in [5, 5.41) is 4.13. The lowest BCUT2D eigenvalue weighted by Crippen LogP contribution is -2.23. The van der Waals surface area contributed by atoms with Crippen LogP contribution in [-0.2, 0) is 6.42 Å². The summed E-state index contributed by atoms with van der Waals surface area (Å²) in [6, 6.07) is 9.96. The third-order valence-electron chi connectivity index (χ3n) is 3.52. The number of hydrogen-bond acceptors (Lipinski definition) is 3. The minimum atomic E-state index is -0.0400. The van der Waals surface area contributed by atoms with Crippen LogP contribution in [0.5, 0.6) is 5.75 Å². The van der Waals surface area contributed by atoms with Crippen molar-refractivity contribution in [1.82, 2.24) is 10.3 Å². The van der Waals surface area contributed by atoms with Gasteiger partial charge in [-0.05, 0) is 24.2 Å². The average Bonchev–Trinajstić information content (AvgIpc) is 2.94. The van der Waals surface area contributed by atoms with Crippen LogP contribution in [0, 0.1) is 0 Å². The van der Waals surface area contributed by atoms with E-state index in [0.717, 1.165) is 36.6 Å². The first-order valence-electron chi connectivity index (χ1n) is 6.89. The van der Waals surface area contributed by atoms with Crippen LogP contribution in [0.15, 0.2) is 36.5 Å². The van der Waals surface area contributed by atoms with Gasteiger partial charge in [-0.25, -0.2) is 0 Å². The molecule has 0 radical (unpaired) electrons. The zero-order chi connectivity index (χ0) is 13.9. The maximum Gasteiger partial charge on any atom is 0.127 e. The highest BCUT2D eigenvalue weighted by Gasteiger charge is 2.25. The van der Waals surface area contributed by atoms with Crippen LogP contribution in [0.25, 0.3) is 0 Å². The SMILES string of the molecule is CCNC(c1cccc2c1OCC2)c1ncccc1Cl. The Balaban J connectivity index is 2.08. The highest BCUT2D eigenvalue weighted by atomic mass is 35.5. The van der Waals surface area contributed by atoms with Crippen molar-refractivity contribution >= 4 is 11.6 Å². The molecule has 1 aromatic carbocycles. The number of aromatic nitrogens is 1. The van der Waals surface area contributed by atoms with Crippen LogP contribution in [-0.4, -0.2) is 18.1 Å². The van der Waals surface area contributed by atoms with Crippen molar-refractivity contribution in [2.24, 2.45) is 0 Å². The molecule has 0 aliphatic carbocycles. The lowest BCUT2D eigenvalue weighted by molar-refractivity contribution is 0.350. The molecule has 0 saturated heterocycles. The van der Waals surface area contributed by atoms with Gasteiger partial charge < -0.3 is 10.1 Å². The van der Waals surface area contributed by atoms with E-state index in [2.05, 4.69) is 35.4 Å². The molecule has 1 atom stereocenters. The van der Waals surface area contributed by atoms with Gasteiger partial charge in [0.1, 0.15) is 5.75 Å². The normalized spacial score (nSPS) is 14.7. The Morgan fingerprint density at radius 2 is 2.25 bits per heavy atom. The summed E-state index contributed by atoms with van der Waals surface area (Å²) in [7, 11) is 0. The van der Waals surface area contributed by atoms with E-state index in [1.54, 1.807) is 6.20 Å². The van der Waals surface area contributed by atoms with Crippen LogP contribution in [0.4, 0.5) is 0 Å². The Kier molecular flexibility index (Phi) is 3.90. The molecule has 1 N–H and O–H groups in total. The van der Waals surface area contributed by atoms with Crippen molar-refractivity contribution < 1.29 is 4.74 Å². The maximum atomic E-state index is 6.31. The molecule has 1 aliphatic rings. The summed E-state index contributed by atoms with van der Waals surface area (Å²) in [6.45, 7) is 3.66. The van der Waals surface area contributed by atoms with Crippen LogP contribution in [0.2, 0.25) is 5.02 Å². The van der Waals surface area contributed by atoms with Crippen molar-refractivity contribution in [2.75, 3.05) is 13.2 Å². The molecule has 0 amide bonds. The molecule has 1 aromatic heterocycles. The number of hydrogen-bond donors (Lipinski definition) is 1. The Labute approximate surface area is 123 Å². The van der Waals surface area contributed by atoms with Gasteiger partial charge >= 0.3 is 0 Å². The highest BCUT2D eigenvalue weighted by Crippen LogP contribution is 2.37. The van der Waals surface area contributed by atoms with Crippen LogP contribution < -0.4 is 10.1 Å². The quantitative estimate of drug-likeness (QED) is 0.937. The molecule has 20 heavy (non-hydrogen) atoms. The van der Waals surface area contributed by atoms with Gasteiger partial charge in [0.05, 0.1) is 23.4 Å². The molecule has 1 unspecified atom stereocenters. The molecular weight excluding hydrogens is 272 g/mol. The second-order valence-electron chi connectivity index (χ2n) is 4.80.